The fourth-order valence-electron chi connectivity index (χ4n) is 1.74. The fourth-order valence-corrected chi connectivity index (χ4v) is 2.31. The van der Waals surface area contributed by atoms with Crippen molar-refractivity contribution in [1.29, 1.82) is 0 Å². The molecule has 0 aliphatic rings. The lowest BCUT2D eigenvalue weighted by molar-refractivity contribution is -0.623. The van der Waals surface area contributed by atoms with Crippen molar-refractivity contribution >= 4 is 10.1 Å². The second-order valence-corrected chi connectivity index (χ2v) is 6.00. The van der Waals surface area contributed by atoms with Crippen molar-refractivity contribution in [1.82, 2.24) is 0 Å². The average molecular weight is 300 g/mol. The van der Waals surface area contributed by atoms with Crippen LogP contribution in [0.15, 0.2) is 0 Å². The van der Waals surface area contributed by atoms with Gasteiger partial charge in [0.2, 0.25) is 0 Å². The van der Waals surface area contributed by atoms with Crippen LogP contribution in [0.4, 0.5) is 0 Å². The minimum absolute atomic E-state index is 0.132. The Morgan fingerprint density at radius 3 is 1.74 bits per heavy atom. The Morgan fingerprint density at radius 1 is 0.789 bits per heavy atom. The van der Waals surface area contributed by atoms with Crippen LogP contribution in [0.25, 0.3) is 0 Å². The van der Waals surface area contributed by atoms with E-state index < -0.39 is 10.1 Å². The Hall–Kier alpha value is -0.250. The summed E-state index contributed by atoms with van der Waals surface area (Å²) in [5.74, 6) is -0.132. The average Bonchev–Trinajstić information content (AvgIpc) is 2.34. The van der Waals surface area contributed by atoms with Crippen molar-refractivity contribution < 1.29 is 33.2 Å². The molecule has 19 heavy (non-hydrogen) atoms. The second-order valence-electron chi connectivity index (χ2n) is 4.43. The van der Waals surface area contributed by atoms with Gasteiger partial charge in [0.05, 0.1) is 12.4 Å². The van der Waals surface area contributed by atoms with Gasteiger partial charge >= 0.3 is 0 Å². The van der Waals surface area contributed by atoms with Crippen molar-refractivity contribution in [3.05, 3.63) is 0 Å². The molecule has 0 aromatic heterocycles. The highest BCUT2D eigenvalue weighted by molar-refractivity contribution is 7.85. The third kappa shape index (κ3) is 17.8. The maximum absolute atomic E-state index is 10.4. The number of hydrogen-bond donors (Lipinski definition) is 2. The summed E-state index contributed by atoms with van der Waals surface area (Å²) in [6, 6.07) is 0. The third-order valence-corrected chi connectivity index (χ3v) is 3.51. The first kappa shape index (κ1) is 18.8. The molecule has 0 bridgehead atoms. The molecule has 0 saturated carbocycles. The van der Waals surface area contributed by atoms with E-state index in [1.54, 1.807) is 0 Å². The summed E-state index contributed by atoms with van der Waals surface area (Å²) in [6.45, 7) is 0.385. The quantitative estimate of drug-likeness (QED) is 0.220. The lowest BCUT2D eigenvalue weighted by Gasteiger charge is -2.02. The van der Waals surface area contributed by atoms with Crippen LogP contribution in [0.3, 0.4) is 0 Å². The monoisotopic (exact) mass is 300 g/mol. The fraction of sp³-hybridized carbons (Fsp3) is 1.00. The maximum atomic E-state index is 10.4. The van der Waals surface area contributed by atoms with Crippen LogP contribution in [-0.2, 0) is 25.1 Å². The third-order valence-electron chi connectivity index (χ3n) is 2.71. The van der Waals surface area contributed by atoms with Gasteiger partial charge in [-0.2, -0.15) is 8.42 Å². The van der Waals surface area contributed by atoms with Crippen molar-refractivity contribution in [2.75, 3.05) is 12.4 Å². The number of rotatable bonds is 14. The summed E-state index contributed by atoms with van der Waals surface area (Å²) >= 11 is 0. The molecule has 0 radical (unpaired) electrons. The van der Waals surface area contributed by atoms with Gasteiger partial charge in [0.25, 0.3) is 10.1 Å². The molecule has 0 aromatic carbocycles. The van der Waals surface area contributed by atoms with E-state index in [1.807, 2.05) is 0 Å². The first-order valence-corrected chi connectivity index (χ1v) is 8.22. The number of hydrogen-bond acceptors (Lipinski definition) is 6. The first-order valence-electron chi connectivity index (χ1n) is 6.61. The minimum Gasteiger partial charge on any atom is -0.286 e. The topological polar surface area (TPSA) is 102 Å². The molecule has 0 heterocycles. The van der Waals surface area contributed by atoms with Crippen molar-refractivity contribution in [3.63, 3.8) is 0 Å². The van der Waals surface area contributed by atoms with Gasteiger partial charge in [0.1, 0.15) is 0 Å². The molecule has 0 fully saturated rings. The Kier molecular flexibility index (Phi) is 12.6. The molecule has 0 aliphatic carbocycles. The molecule has 0 spiro atoms. The van der Waals surface area contributed by atoms with Gasteiger partial charge in [0.15, 0.2) is 0 Å². The van der Waals surface area contributed by atoms with Crippen LogP contribution >= 0.6 is 0 Å². The minimum atomic E-state index is -3.79. The molecular weight excluding hydrogens is 276 g/mol. The van der Waals surface area contributed by atoms with Crippen LogP contribution in [0.2, 0.25) is 0 Å². The van der Waals surface area contributed by atoms with Crippen molar-refractivity contribution in [3.8, 4) is 0 Å². The summed E-state index contributed by atoms with van der Waals surface area (Å²) in [5.41, 5.74) is 0. The molecule has 7 nitrogen and oxygen atoms in total. The van der Waals surface area contributed by atoms with E-state index in [0.717, 1.165) is 51.4 Å². The predicted molar refractivity (Wildman–Crippen MR) is 68.7 cm³/mol. The van der Waals surface area contributed by atoms with Crippen LogP contribution in [0.5, 0.6) is 0 Å². The van der Waals surface area contributed by atoms with E-state index in [2.05, 4.69) is 15.0 Å². The normalized spacial score (nSPS) is 11.9. The zero-order chi connectivity index (χ0) is 14.4. The SMILES string of the molecule is O=S(=O)(O)CCCCCCCCCCCOOOO. The van der Waals surface area contributed by atoms with Crippen molar-refractivity contribution in [2.24, 2.45) is 0 Å². The predicted octanol–water partition coefficient (Wildman–Crippen LogP) is 2.74. The van der Waals surface area contributed by atoms with Crippen LogP contribution < -0.4 is 0 Å². The second kappa shape index (κ2) is 12.8. The molecule has 0 atom stereocenters. The van der Waals surface area contributed by atoms with Crippen molar-refractivity contribution in [2.45, 2.75) is 57.8 Å². The molecule has 0 saturated heterocycles. The highest BCUT2D eigenvalue weighted by atomic mass is 32.2. The van der Waals surface area contributed by atoms with E-state index in [1.165, 1.54) is 0 Å². The van der Waals surface area contributed by atoms with E-state index >= 15 is 0 Å². The Morgan fingerprint density at radius 2 is 1.26 bits per heavy atom. The van der Waals surface area contributed by atoms with Crippen LogP contribution in [0.1, 0.15) is 57.8 Å². The van der Waals surface area contributed by atoms with Gasteiger partial charge in [-0.05, 0) is 22.9 Å². The summed E-state index contributed by atoms with van der Waals surface area (Å²) in [7, 11) is -3.79. The molecule has 0 amide bonds. The molecule has 0 rings (SSSR count). The summed E-state index contributed by atoms with van der Waals surface area (Å²) in [5, 5.41) is 14.9. The smallest absolute Gasteiger partial charge is 0.264 e. The van der Waals surface area contributed by atoms with Gasteiger partial charge in [0, 0.05) is 0 Å². The van der Waals surface area contributed by atoms with E-state index in [0.29, 0.717) is 13.0 Å². The van der Waals surface area contributed by atoms with Gasteiger partial charge < -0.3 is 0 Å². The van der Waals surface area contributed by atoms with Gasteiger partial charge in [-0.15, -0.1) is 0 Å². The van der Waals surface area contributed by atoms with Gasteiger partial charge in [-0.3, -0.25) is 4.55 Å². The molecule has 2 N–H and O–H groups in total. The molecular formula is C11H24O7S. The summed E-state index contributed by atoms with van der Waals surface area (Å²) in [6.07, 6.45) is 8.70. The lowest BCUT2D eigenvalue weighted by Crippen LogP contribution is -2.03. The van der Waals surface area contributed by atoms with Crippen LogP contribution in [0, 0.1) is 0 Å². The number of unbranched alkanes of at least 4 members (excludes halogenated alkanes) is 8. The zero-order valence-electron chi connectivity index (χ0n) is 11.1. The summed E-state index contributed by atoms with van der Waals surface area (Å²) in [4.78, 5) is 4.44. The Bertz CT molecular complexity index is 279. The lowest BCUT2D eigenvalue weighted by atomic mass is 10.1. The van der Waals surface area contributed by atoms with E-state index in [4.69, 9.17) is 9.81 Å². The summed E-state index contributed by atoms with van der Waals surface area (Å²) < 4.78 is 29.4. The zero-order valence-corrected chi connectivity index (χ0v) is 11.9. The maximum Gasteiger partial charge on any atom is 0.264 e. The Labute approximate surface area is 114 Å². The van der Waals surface area contributed by atoms with Gasteiger partial charge in [-0.25, -0.2) is 10.1 Å². The van der Waals surface area contributed by atoms with E-state index in [-0.39, 0.29) is 5.75 Å². The first-order chi connectivity index (χ1) is 9.06. The largest absolute Gasteiger partial charge is 0.286 e. The molecule has 116 valence electrons. The van der Waals surface area contributed by atoms with E-state index in [9.17, 15) is 8.42 Å². The highest BCUT2D eigenvalue weighted by Gasteiger charge is 2.02. The molecule has 0 unspecified atom stereocenters. The highest BCUT2D eigenvalue weighted by Crippen LogP contribution is 2.10. The Balaban J connectivity index is 3.03. The van der Waals surface area contributed by atoms with Gasteiger partial charge in [-0.1, -0.05) is 44.9 Å². The molecule has 0 aromatic rings. The molecule has 8 heteroatoms. The standard InChI is InChI=1S/C11H24O7S/c12-17-18-16-10-8-6-4-2-1-3-5-7-9-11-19(13,14)15/h12H,1-11H2,(H,13,14,15). The molecule has 0 aliphatic heterocycles. The van der Waals surface area contributed by atoms with Crippen LogP contribution in [-0.4, -0.2) is 30.6 Å².